The minimum absolute atomic E-state index is 0.0533. The molecule has 0 unspecified atom stereocenters. The number of ether oxygens (including phenoxy) is 1. The van der Waals surface area contributed by atoms with Crippen molar-refractivity contribution in [1.29, 1.82) is 0 Å². The molecular formula is C13H15ClN4O2. The van der Waals surface area contributed by atoms with Crippen molar-refractivity contribution in [1.82, 2.24) is 9.78 Å². The van der Waals surface area contributed by atoms with Crippen LogP contribution in [0.4, 0.5) is 5.69 Å². The SMILES string of the molecule is NCCOCC(=O)Nc1cc(Cl)ccc1-n1cccn1. The minimum atomic E-state index is -0.269. The predicted molar refractivity (Wildman–Crippen MR) is 77.1 cm³/mol. The third-order valence-corrected chi connectivity index (χ3v) is 2.71. The molecule has 0 aliphatic rings. The van der Waals surface area contributed by atoms with Crippen molar-refractivity contribution in [3.8, 4) is 5.69 Å². The molecule has 0 bridgehead atoms. The fourth-order valence-electron chi connectivity index (χ4n) is 1.65. The molecule has 2 aromatic rings. The largest absolute Gasteiger partial charge is 0.370 e. The van der Waals surface area contributed by atoms with Gasteiger partial charge in [0.05, 0.1) is 18.0 Å². The summed E-state index contributed by atoms with van der Waals surface area (Å²) in [4.78, 5) is 11.8. The van der Waals surface area contributed by atoms with Crippen LogP contribution in [0.5, 0.6) is 0 Å². The number of benzene rings is 1. The van der Waals surface area contributed by atoms with Crippen molar-refractivity contribution in [2.45, 2.75) is 0 Å². The van der Waals surface area contributed by atoms with Crippen LogP contribution in [-0.4, -0.2) is 35.4 Å². The maximum atomic E-state index is 11.8. The number of nitrogens with two attached hydrogens (primary N) is 1. The van der Waals surface area contributed by atoms with Crippen molar-refractivity contribution in [2.75, 3.05) is 25.1 Å². The quantitative estimate of drug-likeness (QED) is 0.790. The summed E-state index contributed by atoms with van der Waals surface area (Å²) in [5.74, 6) is -0.269. The van der Waals surface area contributed by atoms with E-state index in [4.69, 9.17) is 22.1 Å². The second-order valence-corrected chi connectivity index (χ2v) is 4.44. The lowest BCUT2D eigenvalue weighted by atomic mass is 10.2. The molecule has 0 radical (unpaired) electrons. The van der Waals surface area contributed by atoms with Gasteiger partial charge < -0.3 is 15.8 Å². The van der Waals surface area contributed by atoms with Gasteiger partial charge in [0.25, 0.3) is 0 Å². The van der Waals surface area contributed by atoms with Crippen LogP contribution in [0.15, 0.2) is 36.7 Å². The number of hydrogen-bond donors (Lipinski definition) is 2. The molecule has 106 valence electrons. The van der Waals surface area contributed by atoms with Crippen LogP contribution in [-0.2, 0) is 9.53 Å². The lowest BCUT2D eigenvalue weighted by molar-refractivity contribution is -0.120. The highest BCUT2D eigenvalue weighted by Crippen LogP contribution is 2.24. The van der Waals surface area contributed by atoms with E-state index in [1.807, 2.05) is 0 Å². The molecule has 7 heteroatoms. The Balaban J connectivity index is 2.14. The Kier molecular flexibility index (Phi) is 5.11. The Hall–Kier alpha value is -1.89. The number of nitrogens with one attached hydrogen (secondary N) is 1. The van der Waals surface area contributed by atoms with Gasteiger partial charge in [-0.25, -0.2) is 4.68 Å². The van der Waals surface area contributed by atoms with Gasteiger partial charge >= 0.3 is 0 Å². The number of hydrogen-bond acceptors (Lipinski definition) is 4. The monoisotopic (exact) mass is 294 g/mol. The molecule has 6 nitrogen and oxygen atoms in total. The van der Waals surface area contributed by atoms with Gasteiger partial charge in [0.1, 0.15) is 6.61 Å². The Morgan fingerprint density at radius 3 is 3.05 bits per heavy atom. The van der Waals surface area contributed by atoms with Gasteiger partial charge in [-0.3, -0.25) is 4.79 Å². The van der Waals surface area contributed by atoms with Crippen LogP contribution in [0.2, 0.25) is 5.02 Å². The molecule has 0 atom stereocenters. The normalized spacial score (nSPS) is 10.5. The molecule has 0 aliphatic carbocycles. The Morgan fingerprint density at radius 2 is 2.35 bits per heavy atom. The molecule has 0 spiro atoms. The zero-order valence-corrected chi connectivity index (χ0v) is 11.5. The van der Waals surface area contributed by atoms with E-state index in [9.17, 15) is 4.79 Å². The lowest BCUT2D eigenvalue weighted by Crippen LogP contribution is -2.21. The predicted octanol–water partition coefficient (Wildman–Crippen LogP) is 1.44. The zero-order chi connectivity index (χ0) is 14.4. The third-order valence-electron chi connectivity index (χ3n) is 2.48. The average molecular weight is 295 g/mol. The second kappa shape index (κ2) is 7.04. The number of halogens is 1. The van der Waals surface area contributed by atoms with Gasteiger partial charge in [-0.1, -0.05) is 11.6 Å². The molecule has 3 N–H and O–H groups in total. The molecule has 0 aliphatic heterocycles. The standard InChI is InChI=1S/C13H15ClN4O2/c14-10-2-3-12(18-6-1-5-16-18)11(8-10)17-13(19)9-20-7-4-15/h1-3,5-6,8H,4,7,9,15H2,(H,17,19). The molecule has 0 saturated heterocycles. The summed E-state index contributed by atoms with van der Waals surface area (Å²) in [5.41, 5.74) is 6.59. The summed E-state index contributed by atoms with van der Waals surface area (Å²) in [6, 6.07) is 6.98. The van der Waals surface area contributed by atoms with E-state index < -0.39 is 0 Å². The van der Waals surface area contributed by atoms with E-state index >= 15 is 0 Å². The molecule has 1 aromatic carbocycles. The maximum absolute atomic E-state index is 11.8. The number of rotatable bonds is 6. The van der Waals surface area contributed by atoms with Crippen LogP contribution in [0.25, 0.3) is 5.69 Å². The summed E-state index contributed by atoms with van der Waals surface area (Å²) in [7, 11) is 0. The van der Waals surface area contributed by atoms with Crippen molar-refractivity contribution in [3.63, 3.8) is 0 Å². The first-order valence-electron chi connectivity index (χ1n) is 6.08. The Labute approximate surface area is 121 Å². The van der Waals surface area contributed by atoms with Crippen molar-refractivity contribution in [2.24, 2.45) is 5.73 Å². The second-order valence-electron chi connectivity index (χ2n) is 4.00. The summed E-state index contributed by atoms with van der Waals surface area (Å²) in [6.07, 6.45) is 3.44. The molecule has 0 fully saturated rings. The topological polar surface area (TPSA) is 82.2 Å². The smallest absolute Gasteiger partial charge is 0.250 e. The highest BCUT2D eigenvalue weighted by molar-refractivity contribution is 6.31. The number of carbonyl (C=O) groups excluding carboxylic acids is 1. The summed E-state index contributed by atoms with van der Waals surface area (Å²) in [5, 5.41) is 7.41. The van der Waals surface area contributed by atoms with E-state index in [1.165, 1.54) is 0 Å². The fraction of sp³-hybridized carbons (Fsp3) is 0.231. The summed E-state index contributed by atoms with van der Waals surface area (Å²) < 4.78 is 6.73. The van der Waals surface area contributed by atoms with Crippen LogP contribution < -0.4 is 11.1 Å². The van der Waals surface area contributed by atoms with Crippen LogP contribution in [0.1, 0.15) is 0 Å². The minimum Gasteiger partial charge on any atom is -0.370 e. The molecule has 0 saturated carbocycles. The van der Waals surface area contributed by atoms with Crippen LogP contribution in [0.3, 0.4) is 0 Å². The first kappa shape index (κ1) is 14.5. The number of anilines is 1. The van der Waals surface area contributed by atoms with Crippen molar-refractivity contribution >= 4 is 23.2 Å². The highest BCUT2D eigenvalue weighted by atomic mass is 35.5. The molecule has 1 heterocycles. The van der Waals surface area contributed by atoms with Gasteiger partial charge in [-0.05, 0) is 24.3 Å². The summed E-state index contributed by atoms with van der Waals surface area (Å²) in [6.45, 7) is 0.667. The maximum Gasteiger partial charge on any atom is 0.250 e. The van der Waals surface area contributed by atoms with Crippen molar-refractivity contribution in [3.05, 3.63) is 41.7 Å². The summed E-state index contributed by atoms with van der Waals surface area (Å²) >= 11 is 5.96. The van der Waals surface area contributed by atoms with Gasteiger partial charge in [-0.2, -0.15) is 5.10 Å². The van der Waals surface area contributed by atoms with E-state index in [-0.39, 0.29) is 12.5 Å². The van der Waals surface area contributed by atoms with Gasteiger partial charge in [0.2, 0.25) is 5.91 Å². The van der Waals surface area contributed by atoms with Gasteiger partial charge in [-0.15, -0.1) is 0 Å². The van der Waals surface area contributed by atoms with Crippen molar-refractivity contribution < 1.29 is 9.53 Å². The lowest BCUT2D eigenvalue weighted by Gasteiger charge is -2.11. The van der Waals surface area contributed by atoms with E-state index in [0.717, 1.165) is 5.69 Å². The molecule has 1 aromatic heterocycles. The molecule has 2 rings (SSSR count). The average Bonchev–Trinajstić information content (AvgIpc) is 2.93. The van der Waals surface area contributed by atoms with E-state index in [2.05, 4.69) is 10.4 Å². The van der Waals surface area contributed by atoms with E-state index in [0.29, 0.717) is 23.9 Å². The first-order chi connectivity index (χ1) is 9.70. The van der Waals surface area contributed by atoms with Crippen LogP contribution >= 0.6 is 11.6 Å². The first-order valence-corrected chi connectivity index (χ1v) is 6.45. The fourth-order valence-corrected chi connectivity index (χ4v) is 1.83. The Bertz CT molecular complexity index is 572. The number of aromatic nitrogens is 2. The molecule has 20 heavy (non-hydrogen) atoms. The molecular weight excluding hydrogens is 280 g/mol. The van der Waals surface area contributed by atoms with Gasteiger partial charge in [0, 0.05) is 24.0 Å². The third kappa shape index (κ3) is 3.80. The van der Waals surface area contributed by atoms with Crippen LogP contribution in [0, 0.1) is 0 Å². The Morgan fingerprint density at radius 1 is 1.50 bits per heavy atom. The number of amides is 1. The highest BCUT2D eigenvalue weighted by Gasteiger charge is 2.09. The number of carbonyl (C=O) groups is 1. The molecule has 1 amide bonds. The van der Waals surface area contributed by atoms with E-state index in [1.54, 1.807) is 41.3 Å². The van der Waals surface area contributed by atoms with Gasteiger partial charge in [0.15, 0.2) is 0 Å². The zero-order valence-electron chi connectivity index (χ0n) is 10.8. The number of nitrogens with zero attached hydrogens (tertiary/aromatic N) is 2.